The Labute approximate surface area is 183 Å². The zero-order valence-electron chi connectivity index (χ0n) is 17.6. The summed E-state index contributed by atoms with van der Waals surface area (Å²) in [5.41, 5.74) is 9.32. The summed E-state index contributed by atoms with van der Waals surface area (Å²) in [6.07, 6.45) is 0.218. The summed E-state index contributed by atoms with van der Waals surface area (Å²) < 4.78 is 5.37. The Hall–Kier alpha value is -3.15. The molecule has 0 aliphatic carbocycles. The van der Waals surface area contributed by atoms with Gasteiger partial charge in [0.05, 0.1) is 6.10 Å². The first kappa shape index (κ1) is 22.5. The van der Waals surface area contributed by atoms with E-state index in [-0.39, 0.29) is 12.6 Å². The molecule has 0 spiro atoms. The van der Waals surface area contributed by atoms with Gasteiger partial charge >= 0.3 is 6.09 Å². The minimum Gasteiger partial charge on any atom is -0.445 e. The number of nitrogens with one attached hydrogen (secondary N) is 1. The third-order valence-corrected chi connectivity index (χ3v) is 5.19. The van der Waals surface area contributed by atoms with Gasteiger partial charge in [0.15, 0.2) is 0 Å². The molecule has 5 heteroatoms. The van der Waals surface area contributed by atoms with Gasteiger partial charge in [-0.25, -0.2) is 4.79 Å². The Morgan fingerprint density at radius 1 is 0.806 bits per heavy atom. The van der Waals surface area contributed by atoms with Gasteiger partial charge in [0, 0.05) is 12.1 Å². The van der Waals surface area contributed by atoms with Gasteiger partial charge in [0.1, 0.15) is 6.61 Å². The SMILES string of the molecule is N[C@@H](Cc1ccccc1)[C@@H](O)C[C@H](Cc1ccccc1)NC(=O)OCc1ccccc1. The highest BCUT2D eigenvalue weighted by molar-refractivity contribution is 5.67. The standard InChI is InChI=1S/C26H30N2O3/c27-24(17-21-12-6-2-7-13-21)25(29)18-23(16-20-10-4-1-5-11-20)28-26(30)31-19-22-14-8-3-9-15-22/h1-15,23-25,29H,16-19,27H2,(H,28,30)/t23-,24-,25-/m0/s1. The van der Waals surface area contributed by atoms with Crippen LogP contribution in [-0.4, -0.2) is 29.4 Å². The van der Waals surface area contributed by atoms with E-state index in [1.165, 1.54) is 0 Å². The van der Waals surface area contributed by atoms with Crippen LogP contribution in [0.1, 0.15) is 23.1 Å². The molecule has 3 atom stereocenters. The molecule has 31 heavy (non-hydrogen) atoms. The summed E-state index contributed by atoms with van der Waals surface area (Å²) in [5.74, 6) is 0. The van der Waals surface area contributed by atoms with Crippen molar-refractivity contribution in [2.45, 2.75) is 44.1 Å². The largest absolute Gasteiger partial charge is 0.445 e. The number of hydrogen-bond donors (Lipinski definition) is 3. The number of rotatable bonds is 10. The number of carbonyl (C=O) groups excluding carboxylic acids is 1. The molecule has 3 rings (SSSR count). The van der Waals surface area contributed by atoms with Gasteiger partial charge in [-0.1, -0.05) is 91.0 Å². The summed E-state index contributed by atoms with van der Waals surface area (Å²) in [5, 5.41) is 13.6. The van der Waals surface area contributed by atoms with Crippen molar-refractivity contribution < 1.29 is 14.6 Å². The monoisotopic (exact) mass is 418 g/mol. The van der Waals surface area contributed by atoms with Crippen molar-refractivity contribution in [3.8, 4) is 0 Å². The summed E-state index contributed by atoms with van der Waals surface area (Å²) in [7, 11) is 0. The fraction of sp³-hybridized carbons (Fsp3) is 0.269. The highest BCUT2D eigenvalue weighted by Crippen LogP contribution is 2.13. The quantitative estimate of drug-likeness (QED) is 0.467. The van der Waals surface area contributed by atoms with Crippen LogP contribution in [0.4, 0.5) is 4.79 Å². The summed E-state index contributed by atoms with van der Waals surface area (Å²) >= 11 is 0. The van der Waals surface area contributed by atoms with Crippen molar-refractivity contribution in [1.82, 2.24) is 5.32 Å². The molecular formula is C26H30N2O3. The zero-order valence-corrected chi connectivity index (χ0v) is 17.6. The lowest BCUT2D eigenvalue weighted by Gasteiger charge is -2.25. The van der Waals surface area contributed by atoms with Crippen LogP contribution in [0.3, 0.4) is 0 Å². The van der Waals surface area contributed by atoms with E-state index in [1.807, 2.05) is 91.0 Å². The fourth-order valence-corrected chi connectivity index (χ4v) is 3.51. The van der Waals surface area contributed by atoms with Crippen molar-refractivity contribution in [2.75, 3.05) is 0 Å². The molecule has 0 radical (unpaired) electrons. The third-order valence-electron chi connectivity index (χ3n) is 5.19. The molecule has 0 unspecified atom stereocenters. The maximum absolute atomic E-state index is 12.4. The van der Waals surface area contributed by atoms with Gasteiger partial charge in [-0.3, -0.25) is 0 Å². The molecule has 3 aromatic carbocycles. The Balaban J connectivity index is 1.59. The molecule has 0 aliphatic heterocycles. The highest BCUT2D eigenvalue weighted by atomic mass is 16.5. The summed E-state index contributed by atoms with van der Waals surface area (Å²) in [6, 6.07) is 28.5. The van der Waals surface area contributed by atoms with Crippen LogP contribution in [0.25, 0.3) is 0 Å². The molecule has 162 valence electrons. The van der Waals surface area contributed by atoms with E-state index in [0.717, 1.165) is 16.7 Å². The Morgan fingerprint density at radius 2 is 1.29 bits per heavy atom. The second-order valence-electron chi connectivity index (χ2n) is 7.75. The first-order chi connectivity index (χ1) is 15.1. The lowest BCUT2D eigenvalue weighted by molar-refractivity contribution is 0.109. The number of alkyl carbamates (subject to hydrolysis) is 1. The van der Waals surface area contributed by atoms with E-state index in [2.05, 4.69) is 5.32 Å². The summed E-state index contributed by atoms with van der Waals surface area (Å²) in [4.78, 5) is 12.4. The van der Waals surface area contributed by atoms with Crippen LogP contribution in [-0.2, 0) is 24.2 Å². The van der Waals surface area contributed by atoms with E-state index in [4.69, 9.17) is 10.5 Å². The number of carbonyl (C=O) groups is 1. The molecule has 1 amide bonds. The van der Waals surface area contributed by atoms with Gasteiger partial charge < -0.3 is 20.9 Å². The average Bonchev–Trinajstić information content (AvgIpc) is 2.79. The van der Waals surface area contributed by atoms with Crippen LogP contribution in [0.2, 0.25) is 0 Å². The minimum atomic E-state index is -0.761. The van der Waals surface area contributed by atoms with Crippen molar-refractivity contribution in [3.05, 3.63) is 108 Å². The van der Waals surface area contributed by atoms with Gasteiger partial charge in [0.2, 0.25) is 0 Å². The van der Waals surface area contributed by atoms with Crippen LogP contribution in [0.5, 0.6) is 0 Å². The number of amides is 1. The molecule has 0 saturated heterocycles. The molecule has 0 aliphatic rings. The zero-order chi connectivity index (χ0) is 21.9. The van der Waals surface area contributed by atoms with Crippen LogP contribution in [0.15, 0.2) is 91.0 Å². The van der Waals surface area contributed by atoms with Crippen molar-refractivity contribution in [2.24, 2.45) is 5.73 Å². The lowest BCUT2D eigenvalue weighted by Crippen LogP contribution is -2.44. The first-order valence-corrected chi connectivity index (χ1v) is 10.6. The number of aliphatic hydroxyl groups excluding tert-OH is 1. The van der Waals surface area contributed by atoms with E-state index in [0.29, 0.717) is 19.3 Å². The predicted molar refractivity (Wildman–Crippen MR) is 122 cm³/mol. The predicted octanol–water partition coefficient (Wildman–Crippen LogP) is 3.85. The second kappa shape index (κ2) is 11.9. The van der Waals surface area contributed by atoms with Crippen LogP contribution < -0.4 is 11.1 Å². The molecule has 3 aromatic rings. The maximum Gasteiger partial charge on any atom is 0.407 e. The Morgan fingerprint density at radius 3 is 1.84 bits per heavy atom. The molecule has 0 saturated carbocycles. The van der Waals surface area contributed by atoms with Gasteiger partial charge in [0.25, 0.3) is 0 Å². The molecule has 0 fully saturated rings. The molecular weight excluding hydrogens is 388 g/mol. The van der Waals surface area contributed by atoms with Crippen molar-refractivity contribution in [3.63, 3.8) is 0 Å². The minimum absolute atomic E-state index is 0.195. The average molecular weight is 419 g/mol. The normalized spacial score (nSPS) is 13.7. The Kier molecular flexibility index (Phi) is 8.64. The van der Waals surface area contributed by atoms with E-state index in [9.17, 15) is 9.90 Å². The maximum atomic E-state index is 12.4. The summed E-state index contributed by atoms with van der Waals surface area (Å²) in [6.45, 7) is 0.195. The number of hydrogen-bond acceptors (Lipinski definition) is 4. The van der Waals surface area contributed by atoms with Crippen molar-refractivity contribution >= 4 is 6.09 Å². The van der Waals surface area contributed by atoms with Gasteiger partial charge in [-0.05, 0) is 36.0 Å². The molecule has 0 bridgehead atoms. The smallest absolute Gasteiger partial charge is 0.407 e. The highest BCUT2D eigenvalue weighted by Gasteiger charge is 2.23. The first-order valence-electron chi connectivity index (χ1n) is 10.6. The number of benzene rings is 3. The van der Waals surface area contributed by atoms with Crippen LogP contribution >= 0.6 is 0 Å². The van der Waals surface area contributed by atoms with E-state index in [1.54, 1.807) is 0 Å². The Bertz CT molecular complexity index is 904. The number of aliphatic hydroxyl groups is 1. The van der Waals surface area contributed by atoms with Crippen LogP contribution in [0, 0.1) is 0 Å². The number of ether oxygens (including phenoxy) is 1. The molecule has 0 heterocycles. The van der Waals surface area contributed by atoms with Gasteiger partial charge in [-0.2, -0.15) is 0 Å². The van der Waals surface area contributed by atoms with E-state index < -0.39 is 18.2 Å². The van der Waals surface area contributed by atoms with Crippen molar-refractivity contribution in [1.29, 1.82) is 0 Å². The fourth-order valence-electron chi connectivity index (χ4n) is 3.51. The van der Waals surface area contributed by atoms with E-state index >= 15 is 0 Å². The molecule has 5 nitrogen and oxygen atoms in total. The third kappa shape index (κ3) is 7.89. The van der Waals surface area contributed by atoms with Gasteiger partial charge in [-0.15, -0.1) is 0 Å². The number of nitrogens with two attached hydrogens (primary N) is 1. The lowest BCUT2D eigenvalue weighted by atomic mass is 9.94. The molecule has 4 N–H and O–H groups in total. The second-order valence-corrected chi connectivity index (χ2v) is 7.75. The topological polar surface area (TPSA) is 84.6 Å². The molecule has 0 aromatic heterocycles.